The monoisotopic (exact) mass is 435 g/mol. The van der Waals surface area contributed by atoms with Gasteiger partial charge in [0.2, 0.25) is 0 Å². The van der Waals surface area contributed by atoms with Gasteiger partial charge in [-0.25, -0.2) is 4.79 Å². The largest absolute Gasteiger partial charge is 0.468 e. The normalized spacial score (nSPS) is 12.7. The van der Waals surface area contributed by atoms with Crippen molar-refractivity contribution in [3.05, 3.63) is 70.7 Å². The molecule has 0 aromatic heterocycles. The van der Waals surface area contributed by atoms with Gasteiger partial charge in [-0.05, 0) is 36.4 Å². The molecule has 1 unspecified atom stereocenters. The van der Waals surface area contributed by atoms with E-state index in [1.165, 1.54) is 7.11 Å². The molecule has 8 heteroatoms. The fourth-order valence-corrected chi connectivity index (χ4v) is 3.37. The molecule has 0 bridgehead atoms. The summed E-state index contributed by atoms with van der Waals surface area (Å²) >= 11 is 6.77. The van der Waals surface area contributed by atoms with Crippen LogP contribution in [0, 0.1) is 0 Å². The first kappa shape index (κ1) is 22.9. The Morgan fingerprint density at radius 1 is 1.10 bits per heavy atom. The summed E-state index contributed by atoms with van der Waals surface area (Å²) in [7, 11) is 1.25. The first-order chi connectivity index (χ1) is 13.9. The molecule has 1 N–H and O–H groups in total. The van der Waals surface area contributed by atoms with E-state index in [0.29, 0.717) is 10.6 Å². The topological polar surface area (TPSA) is 81.7 Å². The SMILES string of the molecule is COC(=O)[C@@H](CSC(=O)OCc1ccccc1)NC(C)C(=O)c1cccc(Cl)c1. The second kappa shape index (κ2) is 11.6. The van der Waals surface area contributed by atoms with Crippen LogP contribution >= 0.6 is 23.4 Å². The number of Topliss-reactive ketones (excluding diaryl/α,β-unsaturated/α-hetero) is 1. The van der Waals surface area contributed by atoms with Crippen molar-refractivity contribution < 1.29 is 23.9 Å². The van der Waals surface area contributed by atoms with Gasteiger partial charge in [-0.15, -0.1) is 0 Å². The van der Waals surface area contributed by atoms with Crippen LogP contribution in [0.5, 0.6) is 0 Å². The number of hydrogen-bond donors (Lipinski definition) is 1. The van der Waals surface area contributed by atoms with E-state index in [1.807, 2.05) is 30.3 Å². The zero-order valence-corrected chi connectivity index (χ0v) is 17.7. The Morgan fingerprint density at radius 2 is 1.83 bits per heavy atom. The summed E-state index contributed by atoms with van der Waals surface area (Å²) in [6, 6.07) is 14.3. The standard InChI is InChI=1S/C21H22ClNO5S/c1-14(19(24)16-9-6-10-17(22)11-16)23-18(20(25)27-2)13-29-21(26)28-12-15-7-4-3-5-8-15/h3-11,14,18,23H,12-13H2,1-2H3/t14?,18-/m1/s1. The highest BCUT2D eigenvalue weighted by atomic mass is 35.5. The van der Waals surface area contributed by atoms with Gasteiger partial charge in [0.05, 0.1) is 13.2 Å². The number of methoxy groups -OCH3 is 1. The molecule has 0 saturated carbocycles. The number of halogens is 1. The number of hydrogen-bond acceptors (Lipinski definition) is 7. The van der Waals surface area contributed by atoms with Crippen LogP contribution in [0.3, 0.4) is 0 Å². The maximum atomic E-state index is 12.6. The zero-order valence-electron chi connectivity index (χ0n) is 16.1. The second-order valence-electron chi connectivity index (χ2n) is 6.17. The van der Waals surface area contributed by atoms with Crippen molar-refractivity contribution in [2.45, 2.75) is 25.6 Å². The molecule has 2 rings (SSSR count). The van der Waals surface area contributed by atoms with Gasteiger partial charge < -0.3 is 9.47 Å². The van der Waals surface area contributed by atoms with Crippen molar-refractivity contribution in [1.82, 2.24) is 5.32 Å². The van der Waals surface area contributed by atoms with Crippen molar-refractivity contribution in [1.29, 1.82) is 0 Å². The summed E-state index contributed by atoms with van der Waals surface area (Å²) in [5.74, 6) is -0.731. The number of carbonyl (C=O) groups excluding carboxylic acids is 3. The average Bonchev–Trinajstić information content (AvgIpc) is 2.74. The summed E-state index contributed by atoms with van der Waals surface area (Å²) in [6.07, 6.45) is 0. The van der Waals surface area contributed by atoms with E-state index in [-0.39, 0.29) is 18.1 Å². The molecule has 2 atom stereocenters. The highest BCUT2D eigenvalue weighted by molar-refractivity contribution is 8.13. The first-order valence-electron chi connectivity index (χ1n) is 8.88. The lowest BCUT2D eigenvalue weighted by molar-refractivity contribution is -0.142. The molecule has 0 radical (unpaired) electrons. The van der Waals surface area contributed by atoms with Crippen LogP contribution in [0.2, 0.25) is 5.02 Å². The number of ether oxygens (including phenoxy) is 2. The van der Waals surface area contributed by atoms with Crippen molar-refractivity contribution in [3.63, 3.8) is 0 Å². The van der Waals surface area contributed by atoms with Crippen LogP contribution in [-0.4, -0.2) is 42.0 Å². The van der Waals surface area contributed by atoms with E-state index in [0.717, 1.165) is 17.3 Å². The predicted molar refractivity (Wildman–Crippen MR) is 113 cm³/mol. The van der Waals surface area contributed by atoms with Gasteiger partial charge in [0.1, 0.15) is 12.6 Å². The Hall–Kier alpha value is -2.35. The Balaban J connectivity index is 1.90. The summed E-state index contributed by atoms with van der Waals surface area (Å²) in [5.41, 5.74) is 1.29. The molecular formula is C21H22ClNO5S. The van der Waals surface area contributed by atoms with Gasteiger partial charge in [-0.1, -0.05) is 54.1 Å². The molecule has 0 aliphatic carbocycles. The van der Waals surface area contributed by atoms with Crippen molar-refractivity contribution in [3.8, 4) is 0 Å². The van der Waals surface area contributed by atoms with Crippen molar-refractivity contribution in [2.24, 2.45) is 0 Å². The van der Waals surface area contributed by atoms with Gasteiger partial charge in [0, 0.05) is 16.3 Å². The molecule has 0 spiro atoms. The molecule has 0 amide bonds. The lowest BCUT2D eigenvalue weighted by Gasteiger charge is -2.20. The van der Waals surface area contributed by atoms with Gasteiger partial charge in [0.25, 0.3) is 0 Å². The molecule has 2 aromatic carbocycles. The highest BCUT2D eigenvalue weighted by Crippen LogP contribution is 2.15. The third-order valence-electron chi connectivity index (χ3n) is 4.01. The van der Waals surface area contributed by atoms with Crippen LogP contribution in [-0.2, 0) is 20.9 Å². The lowest BCUT2D eigenvalue weighted by atomic mass is 10.0. The molecule has 0 aliphatic heterocycles. The van der Waals surface area contributed by atoms with E-state index < -0.39 is 23.4 Å². The fraction of sp³-hybridized carbons (Fsp3) is 0.286. The van der Waals surface area contributed by atoms with Gasteiger partial charge in [-0.3, -0.25) is 14.9 Å². The van der Waals surface area contributed by atoms with Crippen molar-refractivity contribution in [2.75, 3.05) is 12.9 Å². The predicted octanol–water partition coefficient (Wildman–Crippen LogP) is 4.11. The molecule has 0 aliphatic rings. The molecule has 0 saturated heterocycles. The molecule has 6 nitrogen and oxygen atoms in total. The number of esters is 1. The van der Waals surface area contributed by atoms with E-state index >= 15 is 0 Å². The summed E-state index contributed by atoms with van der Waals surface area (Å²) in [6.45, 7) is 1.78. The number of rotatable bonds is 9. The quantitative estimate of drug-likeness (QED) is 0.468. The second-order valence-corrected chi connectivity index (χ2v) is 7.57. The molecule has 0 heterocycles. The Morgan fingerprint density at radius 3 is 2.48 bits per heavy atom. The van der Waals surface area contributed by atoms with E-state index in [9.17, 15) is 14.4 Å². The van der Waals surface area contributed by atoms with Crippen LogP contribution in [0.1, 0.15) is 22.8 Å². The molecule has 29 heavy (non-hydrogen) atoms. The maximum absolute atomic E-state index is 12.6. The third-order valence-corrected chi connectivity index (χ3v) is 5.10. The van der Waals surface area contributed by atoms with Gasteiger partial charge in [-0.2, -0.15) is 0 Å². The minimum atomic E-state index is -0.854. The minimum Gasteiger partial charge on any atom is -0.468 e. The smallest absolute Gasteiger partial charge is 0.367 e. The summed E-state index contributed by atoms with van der Waals surface area (Å²) in [5, 5.41) is 2.85. The molecular weight excluding hydrogens is 414 g/mol. The molecule has 2 aromatic rings. The number of ketones is 1. The summed E-state index contributed by atoms with van der Waals surface area (Å²) in [4.78, 5) is 36.6. The third kappa shape index (κ3) is 7.53. The molecule has 154 valence electrons. The number of thioether (sulfide) groups is 1. The van der Waals surface area contributed by atoms with Crippen LogP contribution in [0.25, 0.3) is 0 Å². The van der Waals surface area contributed by atoms with Gasteiger partial charge >= 0.3 is 11.3 Å². The Bertz CT molecular complexity index is 846. The van der Waals surface area contributed by atoms with Crippen LogP contribution in [0.4, 0.5) is 4.79 Å². The first-order valence-corrected chi connectivity index (χ1v) is 10.2. The van der Waals surface area contributed by atoms with E-state index in [1.54, 1.807) is 31.2 Å². The highest BCUT2D eigenvalue weighted by Gasteiger charge is 2.26. The lowest BCUT2D eigenvalue weighted by Crippen LogP contribution is -2.47. The Kier molecular flexibility index (Phi) is 9.18. The number of nitrogens with one attached hydrogen (secondary N) is 1. The Labute approximate surface area is 178 Å². The average molecular weight is 436 g/mol. The number of carbonyl (C=O) groups is 3. The minimum absolute atomic E-state index is 0.0630. The van der Waals surface area contributed by atoms with E-state index in [2.05, 4.69) is 5.32 Å². The van der Waals surface area contributed by atoms with Crippen molar-refractivity contribution >= 4 is 40.4 Å². The molecule has 0 fully saturated rings. The number of benzene rings is 2. The zero-order chi connectivity index (χ0) is 21.2. The van der Waals surface area contributed by atoms with Gasteiger partial charge in [0.15, 0.2) is 5.78 Å². The summed E-state index contributed by atoms with van der Waals surface area (Å²) < 4.78 is 9.97. The van der Waals surface area contributed by atoms with Crippen LogP contribution < -0.4 is 5.32 Å². The fourth-order valence-electron chi connectivity index (χ4n) is 2.51. The maximum Gasteiger partial charge on any atom is 0.367 e. The van der Waals surface area contributed by atoms with E-state index in [4.69, 9.17) is 21.1 Å². The van der Waals surface area contributed by atoms with Crippen LogP contribution in [0.15, 0.2) is 54.6 Å².